The summed E-state index contributed by atoms with van der Waals surface area (Å²) in [6.07, 6.45) is 3.72. The second-order valence-electron chi connectivity index (χ2n) is 6.50. The minimum Gasteiger partial charge on any atom is -0.337 e. The number of likely N-dealkylation sites (tertiary alicyclic amines) is 1. The molecule has 0 spiro atoms. The van der Waals surface area contributed by atoms with Gasteiger partial charge in [-0.05, 0) is 25.0 Å². The van der Waals surface area contributed by atoms with Crippen molar-refractivity contribution in [2.24, 2.45) is 7.05 Å². The van der Waals surface area contributed by atoms with Gasteiger partial charge in [0.1, 0.15) is 5.69 Å². The molecule has 1 aromatic carbocycles. The summed E-state index contributed by atoms with van der Waals surface area (Å²) in [6.45, 7) is 1.50. The van der Waals surface area contributed by atoms with Crippen LogP contribution in [0.4, 0.5) is 0 Å². The topological polar surface area (TPSA) is 66.8 Å². The molecule has 0 bridgehead atoms. The van der Waals surface area contributed by atoms with Crippen LogP contribution in [0.15, 0.2) is 48.7 Å². The van der Waals surface area contributed by atoms with Crippen molar-refractivity contribution >= 4 is 5.91 Å². The summed E-state index contributed by atoms with van der Waals surface area (Å²) in [5.41, 5.74) is 3.78. The first-order valence-corrected chi connectivity index (χ1v) is 8.60. The van der Waals surface area contributed by atoms with Gasteiger partial charge in [0.15, 0.2) is 0 Å². The molecule has 1 amide bonds. The molecule has 4 rings (SSSR count). The average Bonchev–Trinajstić information content (AvgIpc) is 3.31. The van der Waals surface area contributed by atoms with Gasteiger partial charge in [-0.3, -0.25) is 14.6 Å². The molecule has 0 radical (unpaired) electrons. The van der Waals surface area contributed by atoms with Crippen LogP contribution in [0, 0.1) is 0 Å². The zero-order chi connectivity index (χ0) is 17.2. The molecule has 1 atom stereocenters. The van der Waals surface area contributed by atoms with Crippen molar-refractivity contribution in [2.75, 3.05) is 13.1 Å². The van der Waals surface area contributed by atoms with Gasteiger partial charge in [0.05, 0.1) is 5.69 Å². The number of aromatic amines is 1. The highest BCUT2D eigenvalue weighted by atomic mass is 16.2. The van der Waals surface area contributed by atoms with Crippen molar-refractivity contribution in [2.45, 2.75) is 18.8 Å². The lowest BCUT2D eigenvalue weighted by atomic mass is 9.94. The number of rotatable bonds is 3. The first-order chi connectivity index (χ1) is 12.2. The van der Waals surface area contributed by atoms with Gasteiger partial charge in [-0.1, -0.05) is 30.3 Å². The maximum atomic E-state index is 12.7. The van der Waals surface area contributed by atoms with Crippen molar-refractivity contribution in [1.82, 2.24) is 24.9 Å². The van der Waals surface area contributed by atoms with E-state index in [9.17, 15) is 4.79 Å². The molecule has 0 saturated carbocycles. The second-order valence-corrected chi connectivity index (χ2v) is 6.50. The van der Waals surface area contributed by atoms with E-state index in [0.717, 1.165) is 36.3 Å². The number of amides is 1. The van der Waals surface area contributed by atoms with E-state index in [1.165, 1.54) is 0 Å². The Labute approximate surface area is 146 Å². The molecule has 1 fully saturated rings. The van der Waals surface area contributed by atoms with E-state index in [4.69, 9.17) is 0 Å². The third-order valence-electron chi connectivity index (χ3n) is 4.86. The Morgan fingerprint density at radius 2 is 2.08 bits per heavy atom. The summed E-state index contributed by atoms with van der Waals surface area (Å²) in [5, 5.41) is 11.7. The first-order valence-electron chi connectivity index (χ1n) is 8.60. The fourth-order valence-electron chi connectivity index (χ4n) is 3.46. The Morgan fingerprint density at radius 3 is 2.84 bits per heavy atom. The third kappa shape index (κ3) is 3.07. The normalized spacial score (nSPS) is 17.6. The van der Waals surface area contributed by atoms with Crippen LogP contribution in [0.1, 0.15) is 34.9 Å². The molecule has 128 valence electrons. The second kappa shape index (κ2) is 6.55. The molecule has 2 aromatic heterocycles. The molecule has 6 heteroatoms. The van der Waals surface area contributed by atoms with Gasteiger partial charge in [0.2, 0.25) is 0 Å². The fraction of sp³-hybridized carbons (Fsp3) is 0.316. The van der Waals surface area contributed by atoms with Gasteiger partial charge in [0.25, 0.3) is 5.91 Å². The number of carbonyl (C=O) groups is 1. The average molecular weight is 335 g/mol. The monoisotopic (exact) mass is 335 g/mol. The molecule has 1 aliphatic rings. The van der Waals surface area contributed by atoms with E-state index in [2.05, 4.69) is 33.5 Å². The summed E-state index contributed by atoms with van der Waals surface area (Å²) < 4.78 is 1.63. The van der Waals surface area contributed by atoms with E-state index < -0.39 is 0 Å². The lowest BCUT2D eigenvalue weighted by Crippen LogP contribution is -2.40. The van der Waals surface area contributed by atoms with Crippen molar-refractivity contribution in [3.05, 3.63) is 60.0 Å². The standard InChI is InChI=1S/C19H21N5O/c1-23-18(9-10-20-23)19(25)24-11-5-8-15(13-24)17-12-16(21-22-17)14-6-3-2-4-7-14/h2-4,6-7,9-10,12,15H,5,8,11,13H2,1H3,(H,21,22)/t15-/m1/s1. The Balaban J connectivity index is 1.51. The predicted molar refractivity (Wildman–Crippen MR) is 95.1 cm³/mol. The molecule has 25 heavy (non-hydrogen) atoms. The summed E-state index contributed by atoms with van der Waals surface area (Å²) >= 11 is 0. The number of aryl methyl sites for hydroxylation is 1. The van der Waals surface area contributed by atoms with Crippen LogP contribution in [-0.4, -0.2) is 43.9 Å². The summed E-state index contributed by atoms with van der Waals surface area (Å²) in [7, 11) is 1.80. The zero-order valence-corrected chi connectivity index (χ0v) is 14.2. The van der Waals surface area contributed by atoms with Gasteiger partial charge in [0, 0.05) is 43.5 Å². The number of H-pyrrole nitrogens is 1. The molecular formula is C19H21N5O. The minimum atomic E-state index is 0.0486. The van der Waals surface area contributed by atoms with Crippen LogP contribution in [0.3, 0.4) is 0 Å². The number of hydrogen-bond acceptors (Lipinski definition) is 3. The summed E-state index contributed by atoms with van der Waals surface area (Å²) in [4.78, 5) is 14.6. The fourth-order valence-corrected chi connectivity index (χ4v) is 3.46. The van der Waals surface area contributed by atoms with Crippen LogP contribution in [0.25, 0.3) is 11.3 Å². The SMILES string of the molecule is Cn1nccc1C(=O)N1CCC[C@@H](c2cc(-c3ccccc3)n[nH]2)C1. The maximum Gasteiger partial charge on any atom is 0.272 e. The van der Waals surface area contributed by atoms with Crippen LogP contribution in [0.2, 0.25) is 0 Å². The molecule has 3 heterocycles. The number of carbonyl (C=O) groups excluding carboxylic acids is 1. The van der Waals surface area contributed by atoms with Gasteiger partial charge in [-0.15, -0.1) is 0 Å². The quantitative estimate of drug-likeness (QED) is 0.800. The Kier molecular flexibility index (Phi) is 4.09. The highest BCUT2D eigenvalue weighted by Gasteiger charge is 2.27. The zero-order valence-electron chi connectivity index (χ0n) is 14.2. The number of hydrogen-bond donors (Lipinski definition) is 1. The molecule has 3 aromatic rings. The third-order valence-corrected chi connectivity index (χ3v) is 4.86. The van der Waals surface area contributed by atoms with Crippen LogP contribution >= 0.6 is 0 Å². The van der Waals surface area contributed by atoms with Crippen LogP contribution < -0.4 is 0 Å². The largest absolute Gasteiger partial charge is 0.337 e. The highest BCUT2D eigenvalue weighted by molar-refractivity contribution is 5.92. The van der Waals surface area contributed by atoms with Crippen molar-refractivity contribution in [3.8, 4) is 11.3 Å². The van der Waals surface area contributed by atoms with E-state index in [0.29, 0.717) is 12.2 Å². The van der Waals surface area contributed by atoms with Gasteiger partial charge >= 0.3 is 0 Å². The molecule has 6 nitrogen and oxygen atoms in total. The smallest absolute Gasteiger partial charge is 0.272 e. The van der Waals surface area contributed by atoms with E-state index in [-0.39, 0.29) is 11.8 Å². The lowest BCUT2D eigenvalue weighted by Gasteiger charge is -2.32. The Hall–Kier alpha value is -2.89. The number of aromatic nitrogens is 4. The molecule has 1 aliphatic heterocycles. The van der Waals surface area contributed by atoms with Crippen LogP contribution in [-0.2, 0) is 7.05 Å². The van der Waals surface area contributed by atoms with Gasteiger partial charge in [-0.25, -0.2) is 0 Å². The van der Waals surface area contributed by atoms with E-state index in [1.54, 1.807) is 24.0 Å². The Bertz CT molecular complexity index is 867. The van der Waals surface area contributed by atoms with Crippen LogP contribution in [0.5, 0.6) is 0 Å². The van der Waals surface area contributed by atoms with Crippen molar-refractivity contribution in [3.63, 3.8) is 0 Å². The number of nitrogens with one attached hydrogen (secondary N) is 1. The van der Waals surface area contributed by atoms with Gasteiger partial charge < -0.3 is 4.90 Å². The van der Waals surface area contributed by atoms with Crippen molar-refractivity contribution in [1.29, 1.82) is 0 Å². The number of piperidine rings is 1. The lowest BCUT2D eigenvalue weighted by molar-refractivity contribution is 0.0694. The highest BCUT2D eigenvalue weighted by Crippen LogP contribution is 2.29. The molecule has 0 aliphatic carbocycles. The molecular weight excluding hydrogens is 314 g/mol. The van der Waals surface area contributed by atoms with Crippen molar-refractivity contribution < 1.29 is 4.79 Å². The molecule has 0 unspecified atom stereocenters. The predicted octanol–water partition coefficient (Wildman–Crippen LogP) is 2.83. The summed E-state index contributed by atoms with van der Waals surface area (Å²) in [6, 6.07) is 14.0. The summed E-state index contributed by atoms with van der Waals surface area (Å²) in [5.74, 6) is 0.336. The first kappa shape index (κ1) is 15.6. The maximum absolute atomic E-state index is 12.7. The molecule has 1 N–H and O–H groups in total. The molecule has 1 saturated heterocycles. The van der Waals surface area contributed by atoms with Gasteiger partial charge in [-0.2, -0.15) is 10.2 Å². The van der Waals surface area contributed by atoms with E-state index >= 15 is 0 Å². The number of benzene rings is 1. The minimum absolute atomic E-state index is 0.0486. The number of nitrogens with zero attached hydrogens (tertiary/aromatic N) is 4. The van der Waals surface area contributed by atoms with E-state index in [1.807, 2.05) is 23.1 Å². The Morgan fingerprint density at radius 1 is 1.24 bits per heavy atom.